The lowest BCUT2D eigenvalue weighted by Crippen LogP contribution is -2.33. The van der Waals surface area contributed by atoms with Gasteiger partial charge in [-0.2, -0.15) is 0 Å². The third-order valence-corrected chi connectivity index (χ3v) is 2.46. The third kappa shape index (κ3) is 6.22. The van der Waals surface area contributed by atoms with Crippen molar-refractivity contribution in [3.8, 4) is 0 Å². The number of hydrogen-bond donors (Lipinski definition) is 0. The number of ether oxygens (including phenoxy) is 2. The molecule has 0 spiro atoms. The number of carbonyl (C=O) groups is 2. The van der Waals surface area contributed by atoms with Crippen LogP contribution in [0.3, 0.4) is 0 Å². The van der Waals surface area contributed by atoms with Crippen molar-refractivity contribution in [1.29, 1.82) is 0 Å². The van der Waals surface area contributed by atoms with Crippen LogP contribution in [0.5, 0.6) is 0 Å². The Bertz CT molecular complexity index is 431. The molecule has 0 saturated heterocycles. The van der Waals surface area contributed by atoms with Crippen LogP contribution in [0.2, 0.25) is 0 Å². The van der Waals surface area contributed by atoms with Crippen LogP contribution in [0.1, 0.15) is 19.4 Å². The van der Waals surface area contributed by atoms with Gasteiger partial charge in [-0.15, -0.1) is 0 Å². The third-order valence-electron chi connectivity index (χ3n) is 2.46. The molecule has 0 atom stereocenters. The Balaban J connectivity index is 2.30. The van der Waals surface area contributed by atoms with Crippen molar-refractivity contribution in [2.24, 2.45) is 5.92 Å². The van der Waals surface area contributed by atoms with Crippen molar-refractivity contribution in [2.75, 3.05) is 20.2 Å². The van der Waals surface area contributed by atoms with Gasteiger partial charge in [0.05, 0.1) is 6.61 Å². The number of esters is 1. The molecule has 0 saturated carbocycles. The van der Waals surface area contributed by atoms with Crippen molar-refractivity contribution < 1.29 is 19.1 Å². The van der Waals surface area contributed by atoms with E-state index in [2.05, 4.69) is 0 Å². The summed E-state index contributed by atoms with van der Waals surface area (Å²) >= 11 is 0. The zero-order chi connectivity index (χ0) is 15.0. The Labute approximate surface area is 119 Å². The number of carbonyl (C=O) groups excluding carboxylic acids is 2. The van der Waals surface area contributed by atoms with Crippen LogP contribution in [0.4, 0.5) is 4.79 Å². The zero-order valence-corrected chi connectivity index (χ0v) is 12.2. The predicted octanol–water partition coefficient (Wildman–Crippen LogP) is 2.45. The molecule has 0 fully saturated rings. The first-order valence-electron chi connectivity index (χ1n) is 6.56. The van der Waals surface area contributed by atoms with Gasteiger partial charge in [-0.1, -0.05) is 44.2 Å². The summed E-state index contributed by atoms with van der Waals surface area (Å²) < 4.78 is 10.1. The van der Waals surface area contributed by atoms with E-state index in [1.165, 1.54) is 11.9 Å². The molecule has 0 unspecified atom stereocenters. The highest BCUT2D eigenvalue weighted by atomic mass is 16.6. The summed E-state index contributed by atoms with van der Waals surface area (Å²) in [5.41, 5.74) is 0.900. The maximum absolute atomic E-state index is 11.7. The summed E-state index contributed by atoms with van der Waals surface area (Å²) in [7, 11) is 1.50. The average Bonchev–Trinajstić information content (AvgIpc) is 2.43. The summed E-state index contributed by atoms with van der Waals surface area (Å²) in [6.07, 6.45) is -0.546. The highest BCUT2D eigenvalue weighted by Gasteiger charge is 2.15. The molecule has 0 aliphatic rings. The van der Waals surface area contributed by atoms with Crippen LogP contribution in [-0.2, 0) is 20.9 Å². The Hall–Kier alpha value is -2.04. The fraction of sp³-hybridized carbons (Fsp3) is 0.467. The van der Waals surface area contributed by atoms with E-state index in [0.717, 1.165) is 5.56 Å². The van der Waals surface area contributed by atoms with Gasteiger partial charge in [0, 0.05) is 7.05 Å². The molecule has 1 aromatic carbocycles. The summed E-state index contributed by atoms with van der Waals surface area (Å²) in [4.78, 5) is 24.4. The number of amides is 1. The van der Waals surface area contributed by atoms with Crippen LogP contribution in [0.15, 0.2) is 30.3 Å². The second kappa shape index (κ2) is 8.19. The average molecular weight is 279 g/mol. The standard InChI is InChI=1S/C15H21NO4/c1-12(2)10-19-14(17)9-16(3)15(18)20-11-13-7-5-4-6-8-13/h4-8,12H,9-11H2,1-3H3. The smallest absolute Gasteiger partial charge is 0.410 e. The quantitative estimate of drug-likeness (QED) is 0.751. The first-order valence-corrected chi connectivity index (χ1v) is 6.56. The number of likely N-dealkylation sites (N-methyl/N-ethyl adjacent to an activating group) is 1. The summed E-state index contributed by atoms with van der Waals surface area (Å²) in [6.45, 7) is 4.33. The van der Waals surface area contributed by atoms with Gasteiger partial charge in [0.1, 0.15) is 13.2 Å². The van der Waals surface area contributed by atoms with Gasteiger partial charge in [-0.05, 0) is 11.5 Å². The van der Waals surface area contributed by atoms with Gasteiger partial charge in [-0.25, -0.2) is 4.79 Å². The Morgan fingerprint density at radius 1 is 1.15 bits per heavy atom. The summed E-state index contributed by atoms with van der Waals surface area (Å²) in [5.74, 6) is -0.160. The second-order valence-corrected chi connectivity index (χ2v) is 4.97. The van der Waals surface area contributed by atoms with E-state index in [1.807, 2.05) is 44.2 Å². The van der Waals surface area contributed by atoms with E-state index in [9.17, 15) is 9.59 Å². The van der Waals surface area contributed by atoms with E-state index in [-0.39, 0.29) is 19.1 Å². The minimum absolute atomic E-state index is 0.111. The molecular weight excluding hydrogens is 258 g/mol. The molecule has 0 N–H and O–H groups in total. The van der Waals surface area contributed by atoms with Crippen molar-refractivity contribution in [3.63, 3.8) is 0 Å². The Kier molecular flexibility index (Phi) is 6.56. The Morgan fingerprint density at radius 3 is 2.40 bits per heavy atom. The molecule has 0 aliphatic carbocycles. The molecular formula is C15H21NO4. The molecule has 20 heavy (non-hydrogen) atoms. The van der Waals surface area contributed by atoms with Crippen molar-refractivity contribution in [2.45, 2.75) is 20.5 Å². The molecule has 0 radical (unpaired) electrons. The Morgan fingerprint density at radius 2 is 1.80 bits per heavy atom. The lowest BCUT2D eigenvalue weighted by atomic mass is 10.2. The topological polar surface area (TPSA) is 55.8 Å². The molecule has 5 nitrogen and oxygen atoms in total. The van der Waals surface area contributed by atoms with Crippen LogP contribution in [0.25, 0.3) is 0 Å². The number of nitrogens with zero attached hydrogens (tertiary/aromatic N) is 1. The molecule has 0 aromatic heterocycles. The van der Waals surface area contributed by atoms with Gasteiger partial charge in [0.2, 0.25) is 0 Å². The van der Waals surface area contributed by atoms with E-state index in [1.54, 1.807) is 0 Å². The highest BCUT2D eigenvalue weighted by Crippen LogP contribution is 2.02. The van der Waals surface area contributed by atoms with Gasteiger partial charge < -0.3 is 14.4 Å². The normalized spacial score (nSPS) is 10.2. The number of benzene rings is 1. The van der Waals surface area contributed by atoms with E-state index in [0.29, 0.717) is 6.61 Å². The van der Waals surface area contributed by atoms with E-state index < -0.39 is 12.1 Å². The van der Waals surface area contributed by atoms with Crippen LogP contribution < -0.4 is 0 Å². The van der Waals surface area contributed by atoms with Crippen molar-refractivity contribution in [1.82, 2.24) is 4.90 Å². The number of hydrogen-bond acceptors (Lipinski definition) is 4. The monoisotopic (exact) mass is 279 g/mol. The zero-order valence-electron chi connectivity index (χ0n) is 12.2. The predicted molar refractivity (Wildman–Crippen MR) is 75.1 cm³/mol. The maximum Gasteiger partial charge on any atom is 0.410 e. The first kappa shape index (κ1) is 16.0. The minimum atomic E-state index is -0.546. The maximum atomic E-state index is 11.7. The largest absolute Gasteiger partial charge is 0.464 e. The lowest BCUT2D eigenvalue weighted by molar-refractivity contribution is -0.145. The lowest BCUT2D eigenvalue weighted by Gasteiger charge is -2.16. The first-order chi connectivity index (χ1) is 9.49. The van der Waals surface area contributed by atoms with E-state index >= 15 is 0 Å². The van der Waals surface area contributed by atoms with Crippen LogP contribution in [0, 0.1) is 5.92 Å². The SMILES string of the molecule is CC(C)COC(=O)CN(C)C(=O)OCc1ccccc1. The highest BCUT2D eigenvalue weighted by molar-refractivity contribution is 5.77. The molecule has 0 bridgehead atoms. The second-order valence-electron chi connectivity index (χ2n) is 4.97. The fourth-order valence-electron chi connectivity index (χ4n) is 1.39. The minimum Gasteiger partial charge on any atom is -0.464 e. The van der Waals surface area contributed by atoms with Crippen LogP contribution >= 0.6 is 0 Å². The number of rotatable bonds is 6. The van der Waals surface area contributed by atoms with E-state index in [4.69, 9.17) is 9.47 Å². The molecule has 5 heteroatoms. The molecule has 1 rings (SSSR count). The fourth-order valence-corrected chi connectivity index (χ4v) is 1.39. The van der Waals surface area contributed by atoms with Gasteiger partial charge in [-0.3, -0.25) is 4.79 Å². The van der Waals surface area contributed by atoms with Gasteiger partial charge in [0.25, 0.3) is 0 Å². The molecule has 110 valence electrons. The summed E-state index contributed by atoms with van der Waals surface area (Å²) in [6, 6.07) is 9.36. The molecule has 1 amide bonds. The van der Waals surface area contributed by atoms with Crippen molar-refractivity contribution >= 4 is 12.1 Å². The van der Waals surface area contributed by atoms with Gasteiger partial charge >= 0.3 is 12.1 Å². The van der Waals surface area contributed by atoms with Crippen LogP contribution in [-0.4, -0.2) is 37.2 Å². The van der Waals surface area contributed by atoms with Gasteiger partial charge in [0.15, 0.2) is 0 Å². The molecule has 1 aromatic rings. The molecule has 0 heterocycles. The molecule has 0 aliphatic heterocycles. The van der Waals surface area contributed by atoms with Crippen molar-refractivity contribution in [3.05, 3.63) is 35.9 Å². The summed E-state index contributed by atoms with van der Waals surface area (Å²) in [5, 5.41) is 0.